The molecule has 0 unspecified atom stereocenters. The van der Waals surface area contributed by atoms with E-state index in [2.05, 4.69) is 34.9 Å². The molecular weight excluding hydrogens is 444 g/mol. The van der Waals surface area contributed by atoms with Crippen LogP contribution >= 0.6 is 0 Å². The molecule has 3 aromatic rings. The molecule has 7 heteroatoms. The third-order valence-electron chi connectivity index (χ3n) is 6.16. The van der Waals surface area contributed by atoms with Gasteiger partial charge in [-0.25, -0.2) is 9.59 Å². The van der Waals surface area contributed by atoms with Crippen LogP contribution in [0.15, 0.2) is 72.8 Å². The molecule has 0 aliphatic heterocycles. The fourth-order valence-electron chi connectivity index (χ4n) is 4.46. The monoisotopic (exact) mass is 472 g/mol. The maximum absolute atomic E-state index is 12.2. The van der Waals surface area contributed by atoms with Crippen molar-refractivity contribution in [1.29, 1.82) is 0 Å². The van der Waals surface area contributed by atoms with Crippen molar-refractivity contribution < 1.29 is 24.2 Å². The molecule has 0 aromatic heterocycles. The number of aromatic carboxylic acids is 1. The van der Waals surface area contributed by atoms with Gasteiger partial charge in [-0.3, -0.25) is 4.79 Å². The number of fused-ring (bicyclic) bond motifs is 3. The van der Waals surface area contributed by atoms with E-state index in [0.29, 0.717) is 31.5 Å². The number of carbonyl (C=O) groups excluding carboxylic acids is 2. The van der Waals surface area contributed by atoms with E-state index in [0.717, 1.165) is 11.1 Å². The van der Waals surface area contributed by atoms with Crippen LogP contribution in [0.2, 0.25) is 0 Å². The average Bonchev–Trinajstić information content (AvgIpc) is 3.19. The van der Waals surface area contributed by atoms with Crippen LogP contribution in [0, 0.1) is 0 Å². The highest BCUT2D eigenvalue weighted by molar-refractivity contribution is 5.89. The summed E-state index contributed by atoms with van der Waals surface area (Å²) in [5.74, 6) is -1.12. The lowest BCUT2D eigenvalue weighted by Gasteiger charge is -2.14. The minimum absolute atomic E-state index is 0.00480. The highest BCUT2D eigenvalue weighted by Crippen LogP contribution is 2.44. The summed E-state index contributed by atoms with van der Waals surface area (Å²) in [6.07, 6.45) is 0.663. The molecule has 2 amide bonds. The third-order valence-corrected chi connectivity index (χ3v) is 6.16. The molecule has 4 rings (SSSR count). The molecule has 1 aliphatic rings. The number of hydrogen-bond acceptors (Lipinski definition) is 4. The zero-order valence-corrected chi connectivity index (χ0v) is 19.3. The van der Waals surface area contributed by atoms with E-state index < -0.39 is 12.1 Å². The van der Waals surface area contributed by atoms with Crippen LogP contribution in [0.5, 0.6) is 0 Å². The number of hydrogen-bond donors (Lipinski definition) is 3. The van der Waals surface area contributed by atoms with Crippen LogP contribution < -0.4 is 10.6 Å². The SMILES string of the molecule is O=C(CCCNC(=O)OCC1c2ccccc2-c2ccccc21)NCCc1ccccc1C(=O)O. The summed E-state index contributed by atoms with van der Waals surface area (Å²) in [7, 11) is 0. The summed E-state index contributed by atoms with van der Waals surface area (Å²) in [5.41, 5.74) is 5.59. The molecule has 1 aliphatic carbocycles. The number of amides is 2. The average molecular weight is 473 g/mol. The summed E-state index contributed by atoms with van der Waals surface area (Å²) < 4.78 is 5.49. The third kappa shape index (κ3) is 5.87. The maximum Gasteiger partial charge on any atom is 0.407 e. The second-order valence-corrected chi connectivity index (χ2v) is 8.42. The normalized spacial score (nSPS) is 11.9. The summed E-state index contributed by atoms with van der Waals surface area (Å²) in [6, 6.07) is 23.1. The standard InChI is InChI=1S/C28H28N2O5/c31-26(29-17-15-19-8-1-2-9-20(19)27(32)33)14-7-16-30-28(34)35-18-25-23-12-5-3-10-21(23)22-11-4-6-13-24(22)25/h1-6,8-13,25H,7,14-18H2,(H,29,31)(H,30,34)(H,32,33). The minimum Gasteiger partial charge on any atom is -0.478 e. The van der Waals surface area contributed by atoms with Crippen LogP contribution in [0.1, 0.15) is 45.8 Å². The first-order valence-electron chi connectivity index (χ1n) is 11.7. The summed E-state index contributed by atoms with van der Waals surface area (Å²) in [6.45, 7) is 0.924. The van der Waals surface area contributed by atoms with Crippen LogP contribution in [-0.4, -0.2) is 42.8 Å². The molecule has 0 atom stereocenters. The molecule has 3 aromatic carbocycles. The van der Waals surface area contributed by atoms with Gasteiger partial charge in [0, 0.05) is 25.4 Å². The molecule has 0 radical (unpaired) electrons. The second kappa shape index (κ2) is 11.3. The lowest BCUT2D eigenvalue weighted by Crippen LogP contribution is -2.29. The first-order chi connectivity index (χ1) is 17.0. The van der Waals surface area contributed by atoms with Gasteiger partial charge in [0.2, 0.25) is 5.91 Å². The lowest BCUT2D eigenvalue weighted by molar-refractivity contribution is -0.121. The smallest absolute Gasteiger partial charge is 0.407 e. The summed E-state index contributed by atoms with van der Waals surface area (Å²) in [5, 5.41) is 14.7. The highest BCUT2D eigenvalue weighted by Gasteiger charge is 2.28. The molecule has 180 valence electrons. The molecule has 0 heterocycles. The van der Waals surface area contributed by atoms with Crippen molar-refractivity contribution in [2.45, 2.75) is 25.2 Å². The molecule has 3 N–H and O–H groups in total. The predicted octanol–water partition coefficient (Wildman–Crippen LogP) is 4.36. The molecule has 7 nitrogen and oxygen atoms in total. The molecule has 0 fully saturated rings. The molecule has 35 heavy (non-hydrogen) atoms. The Hall–Kier alpha value is -4.13. The van der Waals surface area contributed by atoms with Gasteiger partial charge in [-0.15, -0.1) is 0 Å². The van der Waals surface area contributed by atoms with Gasteiger partial charge in [0.05, 0.1) is 5.56 Å². The number of carboxylic acid groups (broad SMARTS) is 1. The van der Waals surface area contributed by atoms with Crippen LogP contribution in [-0.2, 0) is 16.0 Å². The minimum atomic E-state index is -0.980. The van der Waals surface area contributed by atoms with E-state index in [1.807, 2.05) is 24.3 Å². The van der Waals surface area contributed by atoms with Crippen molar-refractivity contribution in [2.75, 3.05) is 19.7 Å². The Morgan fingerprint density at radius 2 is 1.43 bits per heavy atom. The van der Waals surface area contributed by atoms with E-state index in [9.17, 15) is 19.5 Å². The molecule has 0 spiro atoms. The van der Waals surface area contributed by atoms with Crippen molar-refractivity contribution in [3.8, 4) is 11.1 Å². The number of alkyl carbamates (subject to hydrolysis) is 1. The fourth-order valence-corrected chi connectivity index (χ4v) is 4.46. The van der Waals surface area contributed by atoms with Crippen LogP contribution in [0.4, 0.5) is 4.79 Å². The predicted molar refractivity (Wildman–Crippen MR) is 132 cm³/mol. The van der Waals surface area contributed by atoms with E-state index in [1.54, 1.807) is 24.3 Å². The van der Waals surface area contributed by atoms with Crippen LogP contribution in [0.25, 0.3) is 11.1 Å². The number of benzene rings is 3. The van der Waals surface area contributed by atoms with Crippen molar-refractivity contribution in [3.05, 3.63) is 95.1 Å². The van der Waals surface area contributed by atoms with Gasteiger partial charge in [0.1, 0.15) is 6.61 Å². The van der Waals surface area contributed by atoms with E-state index in [-0.39, 0.29) is 30.4 Å². The number of carboxylic acids is 1. The quantitative estimate of drug-likeness (QED) is 0.380. The van der Waals surface area contributed by atoms with Gasteiger partial charge >= 0.3 is 12.1 Å². The van der Waals surface area contributed by atoms with Crippen molar-refractivity contribution in [2.24, 2.45) is 0 Å². The van der Waals surface area contributed by atoms with Gasteiger partial charge in [-0.1, -0.05) is 66.7 Å². The fraction of sp³-hybridized carbons (Fsp3) is 0.250. The Kier molecular flexibility index (Phi) is 7.77. The van der Waals surface area contributed by atoms with Crippen molar-refractivity contribution in [3.63, 3.8) is 0 Å². The topological polar surface area (TPSA) is 105 Å². The Labute approximate surface area is 204 Å². The van der Waals surface area contributed by atoms with Crippen molar-refractivity contribution >= 4 is 18.0 Å². The largest absolute Gasteiger partial charge is 0.478 e. The maximum atomic E-state index is 12.2. The van der Waals surface area contributed by atoms with Gasteiger partial charge in [0.25, 0.3) is 0 Å². The summed E-state index contributed by atoms with van der Waals surface area (Å²) in [4.78, 5) is 35.5. The first kappa shape index (κ1) is 24.0. The Bertz CT molecular complexity index is 1180. The molecular formula is C28H28N2O5. The Balaban J connectivity index is 1.15. The van der Waals surface area contributed by atoms with Crippen LogP contribution in [0.3, 0.4) is 0 Å². The zero-order chi connectivity index (χ0) is 24.6. The zero-order valence-electron chi connectivity index (χ0n) is 19.3. The molecule has 0 saturated carbocycles. The van der Waals surface area contributed by atoms with Gasteiger partial charge in [-0.05, 0) is 46.7 Å². The Morgan fingerprint density at radius 3 is 2.11 bits per heavy atom. The highest BCUT2D eigenvalue weighted by atomic mass is 16.5. The van der Waals surface area contributed by atoms with Gasteiger partial charge < -0.3 is 20.5 Å². The Morgan fingerprint density at radius 1 is 0.800 bits per heavy atom. The van der Waals surface area contributed by atoms with E-state index in [1.165, 1.54) is 11.1 Å². The lowest BCUT2D eigenvalue weighted by atomic mass is 9.98. The number of carbonyl (C=O) groups is 3. The number of ether oxygens (including phenoxy) is 1. The van der Waals surface area contributed by atoms with Gasteiger partial charge in [0.15, 0.2) is 0 Å². The van der Waals surface area contributed by atoms with Gasteiger partial charge in [-0.2, -0.15) is 0 Å². The first-order valence-corrected chi connectivity index (χ1v) is 11.7. The molecule has 0 saturated heterocycles. The van der Waals surface area contributed by atoms with E-state index in [4.69, 9.17) is 4.74 Å². The molecule has 0 bridgehead atoms. The summed E-state index contributed by atoms with van der Waals surface area (Å²) >= 11 is 0. The van der Waals surface area contributed by atoms with E-state index >= 15 is 0 Å². The second-order valence-electron chi connectivity index (χ2n) is 8.42. The number of rotatable bonds is 10. The van der Waals surface area contributed by atoms with Crippen molar-refractivity contribution in [1.82, 2.24) is 10.6 Å². The number of nitrogens with one attached hydrogen (secondary N) is 2.